The largest absolute Gasteiger partial charge is 0.356 e. The molecule has 4 heteroatoms. The molecule has 0 radical (unpaired) electrons. The van der Waals surface area contributed by atoms with Crippen molar-refractivity contribution in [1.82, 2.24) is 10.6 Å². The summed E-state index contributed by atoms with van der Waals surface area (Å²) >= 11 is 0. The van der Waals surface area contributed by atoms with E-state index in [1.807, 2.05) is 39.0 Å². The smallest absolute Gasteiger partial charge is 0.225 e. The summed E-state index contributed by atoms with van der Waals surface area (Å²) < 4.78 is 0. The molecule has 0 heterocycles. The maximum Gasteiger partial charge on any atom is 0.225 e. The maximum atomic E-state index is 12.2. The van der Waals surface area contributed by atoms with E-state index in [1.54, 1.807) is 0 Å². The van der Waals surface area contributed by atoms with Crippen molar-refractivity contribution in [3.8, 4) is 0 Å². The van der Waals surface area contributed by atoms with E-state index in [-0.39, 0.29) is 23.3 Å². The summed E-state index contributed by atoms with van der Waals surface area (Å²) in [5.74, 6) is 0.663. The Morgan fingerprint density at radius 3 is 2.39 bits per heavy atom. The van der Waals surface area contributed by atoms with Gasteiger partial charge in [0.1, 0.15) is 0 Å². The van der Waals surface area contributed by atoms with Gasteiger partial charge in [-0.3, -0.25) is 9.59 Å². The molecule has 1 aliphatic carbocycles. The molecule has 1 fully saturated rings. The molecule has 0 bridgehead atoms. The fourth-order valence-electron chi connectivity index (χ4n) is 2.52. The number of carbonyl (C=O) groups excluding carboxylic acids is 2. The quantitative estimate of drug-likeness (QED) is 0.759. The number of hydrogen-bond donors (Lipinski definition) is 2. The van der Waals surface area contributed by atoms with Gasteiger partial charge < -0.3 is 10.6 Å². The molecule has 1 aromatic carbocycles. The van der Waals surface area contributed by atoms with Crippen LogP contribution in [0.15, 0.2) is 30.3 Å². The highest BCUT2D eigenvalue weighted by Crippen LogP contribution is 2.40. The van der Waals surface area contributed by atoms with Crippen LogP contribution in [0.4, 0.5) is 0 Å². The van der Waals surface area contributed by atoms with Gasteiger partial charge in [0.05, 0.1) is 6.04 Å². The molecule has 126 valence electrons. The van der Waals surface area contributed by atoms with Crippen LogP contribution in [0.3, 0.4) is 0 Å². The number of rotatable bonds is 7. The third-order valence-electron chi connectivity index (χ3n) is 4.12. The molecular formula is C19H28N2O2. The van der Waals surface area contributed by atoms with E-state index < -0.39 is 0 Å². The van der Waals surface area contributed by atoms with E-state index in [0.717, 1.165) is 0 Å². The lowest BCUT2D eigenvalue weighted by Gasteiger charge is -2.19. The number of carbonyl (C=O) groups is 2. The van der Waals surface area contributed by atoms with Gasteiger partial charge in [-0.25, -0.2) is 0 Å². The van der Waals surface area contributed by atoms with Crippen molar-refractivity contribution < 1.29 is 9.59 Å². The lowest BCUT2D eigenvalue weighted by Crippen LogP contribution is -2.36. The summed E-state index contributed by atoms with van der Waals surface area (Å²) in [4.78, 5) is 23.9. The van der Waals surface area contributed by atoms with Gasteiger partial charge in [-0.15, -0.1) is 0 Å². The second-order valence-corrected chi connectivity index (χ2v) is 7.40. The highest BCUT2D eigenvalue weighted by atomic mass is 16.2. The molecule has 1 aliphatic rings. The van der Waals surface area contributed by atoms with Crippen LogP contribution in [0.2, 0.25) is 0 Å². The second-order valence-electron chi connectivity index (χ2n) is 7.40. The van der Waals surface area contributed by atoms with Gasteiger partial charge in [-0.05, 0) is 30.7 Å². The summed E-state index contributed by atoms with van der Waals surface area (Å²) in [7, 11) is 0. The third-order valence-corrected chi connectivity index (χ3v) is 4.12. The monoisotopic (exact) mass is 316 g/mol. The van der Waals surface area contributed by atoms with Crippen molar-refractivity contribution in [2.45, 2.75) is 52.5 Å². The van der Waals surface area contributed by atoms with Crippen molar-refractivity contribution in [2.75, 3.05) is 6.54 Å². The highest BCUT2D eigenvalue weighted by Gasteiger charge is 2.33. The van der Waals surface area contributed by atoms with E-state index in [4.69, 9.17) is 0 Å². The molecule has 2 rings (SSSR count). The molecule has 4 nitrogen and oxygen atoms in total. The Bertz CT molecular complexity index is 530. The van der Waals surface area contributed by atoms with E-state index in [9.17, 15) is 9.59 Å². The van der Waals surface area contributed by atoms with Gasteiger partial charge in [0, 0.05) is 18.4 Å². The molecular weight excluding hydrogens is 288 g/mol. The predicted molar refractivity (Wildman–Crippen MR) is 91.7 cm³/mol. The SMILES string of the molecule is CC(C)(C)C(=O)NCCCC(=O)NC(c1ccccc1)C1CC1. The molecule has 1 unspecified atom stereocenters. The molecule has 1 saturated carbocycles. The van der Waals surface area contributed by atoms with Crippen LogP contribution in [0.5, 0.6) is 0 Å². The molecule has 0 aromatic heterocycles. The number of hydrogen-bond acceptors (Lipinski definition) is 2. The molecule has 0 spiro atoms. The van der Waals surface area contributed by atoms with Gasteiger partial charge in [-0.1, -0.05) is 51.1 Å². The Labute approximate surface area is 139 Å². The first-order valence-electron chi connectivity index (χ1n) is 8.50. The lowest BCUT2D eigenvalue weighted by atomic mass is 9.96. The molecule has 1 atom stereocenters. The lowest BCUT2D eigenvalue weighted by molar-refractivity contribution is -0.128. The van der Waals surface area contributed by atoms with Gasteiger partial charge in [-0.2, -0.15) is 0 Å². The van der Waals surface area contributed by atoms with Crippen molar-refractivity contribution >= 4 is 11.8 Å². The average molecular weight is 316 g/mol. The van der Waals surface area contributed by atoms with Crippen LogP contribution < -0.4 is 10.6 Å². The fourth-order valence-corrected chi connectivity index (χ4v) is 2.52. The number of nitrogens with one attached hydrogen (secondary N) is 2. The van der Waals surface area contributed by atoms with Crippen LogP contribution in [-0.4, -0.2) is 18.4 Å². The van der Waals surface area contributed by atoms with Crippen LogP contribution in [-0.2, 0) is 9.59 Å². The summed E-state index contributed by atoms with van der Waals surface area (Å²) in [5, 5.41) is 6.04. The van der Waals surface area contributed by atoms with E-state index in [2.05, 4.69) is 22.8 Å². The minimum atomic E-state index is -0.382. The normalized spacial score (nSPS) is 15.8. The van der Waals surface area contributed by atoms with Crippen LogP contribution in [0.1, 0.15) is 58.1 Å². The molecule has 2 amide bonds. The zero-order valence-electron chi connectivity index (χ0n) is 14.4. The Kier molecular flexibility index (Phi) is 5.80. The second kappa shape index (κ2) is 7.62. The Morgan fingerprint density at radius 1 is 1.17 bits per heavy atom. The fraction of sp³-hybridized carbons (Fsp3) is 0.579. The van der Waals surface area contributed by atoms with Gasteiger partial charge in [0.2, 0.25) is 11.8 Å². The molecule has 23 heavy (non-hydrogen) atoms. The predicted octanol–water partition coefficient (Wildman–Crippen LogP) is 3.20. The molecule has 2 N–H and O–H groups in total. The van der Waals surface area contributed by atoms with Crippen molar-refractivity contribution in [1.29, 1.82) is 0 Å². The third kappa shape index (κ3) is 5.70. The molecule has 1 aromatic rings. The van der Waals surface area contributed by atoms with E-state index in [1.165, 1.54) is 18.4 Å². The zero-order valence-corrected chi connectivity index (χ0v) is 14.4. The highest BCUT2D eigenvalue weighted by molar-refractivity contribution is 5.81. The van der Waals surface area contributed by atoms with Gasteiger partial charge in [0.25, 0.3) is 0 Å². The topological polar surface area (TPSA) is 58.2 Å². The first kappa shape index (κ1) is 17.5. The maximum absolute atomic E-state index is 12.2. The Balaban J connectivity index is 1.74. The summed E-state index contributed by atoms with van der Waals surface area (Å²) in [6.07, 6.45) is 3.48. The Morgan fingerprint density at radius 2 is 1.83 bits per heavy atom. The van der Waals surface area contributed by atoms with E-state index in [0.29, 0.717) is 25.3 Å². The molecule has 0 aliphatic heterocycles. The number of amides is 2. The average Bonchev–Trinajstić information content (AvgIpc) is 3.33. The Hall–Kier alpha value is -1.84. The van der Waals surface area contributed by atoms with Crippen molar-refractivity contribution in [2.24, 2.45) is 11.3 Å². The van der Waals surface area contributed by atoms with Crippen LogP contribution in [0, 0.1) is 11.3 Å². The van der Waals surface area contributed by atoms with Gasteiger partial charge in [0.15, 0.2) is 0 Å². The standard InChI is InChI=1S/C19H28N2O2/c1-19(2,3)18(23)20-13-7-10-16(22)21-17(15-11-12-15)14-8-5-4-6-9-14/h4-6,8-9,15,17H,7,10-13H2,1-3H3,(H,20,23)(H,21,22). The minimum Gasteiger partial charge on any atom is -0.356 e. The van der Waals surface area contributed by atoms with Crippen LogP contribution >= 0.6 is 0 Å². The van der Waals surface area contributed by atoms with Crippen molar-refractivity contribution in [3.05, 3.63) is 35.9 Å². The minimum absolute atomic E-state index is 0.0260. The summed E-state index contributed by atoms with van der Waals surface area (Å²) in [5.41, 5.74) is 0.802. The first-order chi connectivity index (χ1) is 10.9. The number of benzene rings is 1. The zero-order chi connectivity index (χ0) is 16.9. The summed E-state index contributed by atoms with van der Waals surface area (Å²) in [6.45, 7) is 6.20. The van der Waals surface area contributed by atoms with E-state index >= 15 is 0 Å². The first-order valence-corrected chi connectivity index (χ1v) is 8.50. The molecule has 0 saturated heterocycles. The summed E-state index contributed by atoms with van der Waals surface area (Å²) in [6, 6.07) is 10.3. The van der Waals surface area contributed by atoms with Crippen molar-refractivity contribution in [3.63, 3.8) is 0 Å². The van der Waals surface area contributed by atoms with Gasteiger partial charge >= 0.3 is 0 Å². The van der Waals surface area contributed by atoms with Crippen LogP contribution in [0.25, 0.3) is 0 Å².